The molecule has 0 fully saturated rings. The molecule has 4 heteroatoms. The summed E-state index contributed by atoms with van der Waals surface area (Å²) in [7, 11) is -4.13. The molecule has 0 atom stereocenters. The van der Waals surface area contributed by atoms with E-state index in [-0.39, 0.29) is 0 Å². The molecule has 1 radical (unpaired) electrons. The van der Waals surface area contributed by atoms with Gasteiger partial charge in [-0.1, -0.05) is 30.3 Å². The zero-order chi connectivity index (χ0) is 9.03. The molecule has 1 aromatic carbocycles. The predicted octanol–water partition coefficient (Wildman–Crippen LogP) is 1.35. The molecule has 0 aliphatic rings. The van der Waals surface area contributed by atoms with Gasteiger partial charge in [0.05, 0.1) is 0 Å². The third-order valence-corrected chi connectivity index (χ3v) is 1.59. The van der Waals surface area contributed by atoms with Crippen LogP contribution in [-0.4, -0.2) is 13.0 Å². The summed E-state index contributed by atoms with van der Waals surface area (Å²) in [6.07, 6.45) is 1.20. The first-order chi connectivity index (χ1) is 5.58. The van der Waals surface area contributed by atoms with Crippen LogP contribution in [0.25, 0.3) is 6.08 Å². The minimum atomic E-state index is -4.13. The fourth-order valence-electron chi connectivity index (χ4n) is 0.692. The molecule has 63 valence electrons. The van der Waals surface area contributed by atoms with E-state index in [2.05, 4.69) is 0 Å². The van der Waals surface area contributed by atoms with Crippen molar-refractivity contribution in [1.82, 2.24) is 0 Å². The first-order valence-corrected chi connectivity index (χ1v) is 4.65. The van der Waals surface area contributed by atoms with E-state index in [4.69, 9.17) is 4.55 Å². The normalized spacial score (nSPS) is 12.1. The highest BCUT2D eigenvalue weighted by atomic mass is 32.2. The summed E-state index contributed by atoms with van der Waals surface area (Å²) in [5.74, 6) is 0. The predicted molar refractivity (Wildman–Crippen MR) is 45.7 cm³/mol. The van der Waals surface area contributed by atoms with E-state index in [1.54, 1.807) is 24.3 Å². The lowest BCUT2D eigenvalue weighted by atomic mass is 10.2. The van der Waals surface area contributed by atoms with Gasteiger partial charge in [-0.15, -0.1) is 0 Å². The quantitative estimate of drug-likeness (QED) is 0.704. The first-order valence-electron chi connectivity index (χ1n) is 3.21. The Morgan fingerprint density at radius 1 is 1.25 bits per heavy atom. The summed E-state index contributed by atoms with van der Waals surface area (Å²) in [6, 6.07) is 8.75. The molecule has 12 heavy (non-hydrogen) atoms. The Morgan fingerprint density at radius 3 is 2.33 bits per heavy atom. The Hall–Kier alpha value is -1.13. The molecule has 0 unspecified atom stereocenters. The van der Waals surface area contributed by atoms with Crippen molar-refractivity contribution in [3.05, 3.63) is 41.3 Å². The topological polar surface area (TPSA) is 54.4 Å². The summed E-state index contributed by atoms with van der Waals surface area (Å²) >= 11 is 0. The average Bonchev–Trinajstić information content (AvgIpc) is 2.02. The van der Waals surface area contributed by atoms with E-state index in [0.29, 0.717) is 5.56 Å². The van der Waals surface area contributed by atoms with Crippen molar-refractivity contribution < 1.29 is 13.0 Å². The molecule has 3 nitrogen and oxygen atoms in total. The van der Waals surface area contributed by atoms with Crippen LogP contribution in [0.5, 0.6) is 0 Å². The van der Waals surface area contributed by atoms with Gasteiger partial charge in [0.15, 0.2) is 0 Å². The zero-order valence-corrected chi connectivity index (χ0v) is 6.95. The van der Waals surface area contributed by atoms with Crippen molar-refractivity contribution in [3.63, 3.8) is 0 Å². The second kappa shape index (κ2) is 3.51. The zero-order valence-electron chi connectivity index (χ0n) is 6.14. The Morgan fingerprint density at radius 2 is 1.83 bits per heavy atom. The number of hydrogen-bond donors (Lipinski definition) is 1. The van der Waals surface area contributed by atoms with E-state index in [9.17, 15) is 8.42 Å². The molecule has 0 aliphatic heterocycles. The summed E-state index contributed by atoms with van der Waals surface area (Å²) in [6.45, 7) is 0. The van der Waals surface area contributed by atoms with Crippen LogP contribution in [-0.2, 0) is 10.1 Å². The molecule has 0 bridgehead atoms. The Labute approximate surface area is 71.1 Å². The van der Waals surface area contributed by atoms with Gasteiger partial charge in [-0.2, -0.15) is 8.42 Å². The van der Waals surface area contributed by atoms with Crippen molar-refractivity contribution in [3.8, 4) is 0 Å². The molecule has 0 saturated heterocycles. The maximum Gasteiger partial charge on any atom is 0.295 e. The van der Waals surface area contributed by atoms with Gasteiger partial charge in [0.25, 0.3) is 10.1 Å². The van der Waals surface area contributed by atoms with E-state index < -0.39 is 10.1 Å². The van der Waals surface area contributed by atoms with Crippen molar-refractivity contribution >= 4 is 16.2 Å². The van der Waals surface area contributed by atoms with Gasteiger partial charge in [-0.05, 0) is 11.6 Å². The maximum absolute atomic E-state index is 10.2. The van der Waals surface area contributed by atoms with E-state index in [1.165, 1.54) is 6.08 Å². The third kappa shape index (κ3) is 3.32. The lowest BCUT2D eigenvalue weighted by Gasteiger charge is -1.88. The summed E-state index contributed by atoms with van der Waals surface area (Å²) in [5.41, 5.74) is 0.676. The van der Waals surface area contributed by atoms with Crippen LogP contribution >= 0.6 is 0 Å². The fourth-order valence-corrected chi connectivity index (χ4v) is 0.977. The average molecular weight is 183 g/mol. The van der Waals surface area contributed by atoms with Crippen molar-refractivity contribution in [2.24, 2.45) is 0 Å². The molecule has 0 heterocycles. The van der Waals surface area contributed by atoms with Crippen molar-refractivity contribution in [2.75, 3.05) is 0 Å². The Kier molecular flexibility index (Phi) is 2.62. The van der Waals surface area contributed by atoms with Crippen molar-refractivity contribution in [2.45, 2.75) is 0 Å². The molecule has 1 aromatic rings. The number of benzene rings is 1. The second-order valence-corrected chi connectivity index (χ2v) is 3.33. The molecular formula is C8H7O3S. The van der Waals surface area contributed by atoms with Crippen LogP contribution in [0.3, 0.4) is 0 Å². The summed E-state index contributed by atoms with van der Waals surface area (Å²) in [5, 5.41) is 1.84. The molecule has 0 saturated carbocycles. The summed E-state index contributed by atoms with van der Waals surface area (Å²) < 4.78 is 28.7. The summed E-state index contributed by atoms with van der Waals surface area (Å²) in [4.78, 5) is 0. The lowest BCUT2D eigenvalue weighted by Crippen LogP contribution is -1.89. The molecule has 0 amide bonds. The largest absolute Gasteiger partial charge is 0.295 e. The molecule has 0 spiro atoms. The Bertz CT molecular complexity index is 365. The highest BCUT2D eigenvalue weighted by Gasteiger charge is 1.95. The smallest absolute Gasteiger partial charge is 0.282 e. The second-order valence-electron chi connectivity index (χ2n) is 2.15. The first kappa shape index (κ1) is 8.96. The van der Waals surface area contributed by atoms with Gasteiger partial charge < -0.3 is 0 Å². The number of hydrogen-bond acceptors (Lipinski definition) is 2. The third-order valence-electron chi connectivity index (χ3n) is 1.17. The highest BCUT2D eigenvalue weighted by Crippen LogP contribution is 2.01. The van der Waals surface area contributed by atoms with Gasteiger partial charge in [0.2, 0.25) is 0 Å². The molecule has 1 rings (SSSR count). The van der Waals surface area contributed by atoms with Crippen LogP contribution < -0.4 is 0 Å². The minimum Gasteiger partial charge on any atom is -0.282 e. The van der Waals surface area contributed by atoms with Crippen LogP contribution in [0.15, 0.2) is 30.3 Å². The standard InChI is InChI=1S/C8H7O3S/c9-12(10,11)7-6-8-4-2-1-3-5-8/h1-6H,(H,9,10,11). The highest BCUT2D eigenvalue weighted by molar-refractivity contribution is 7.87. The van der Waals surface area contributed by atoms with Gasteiger partial charge in [-0.25, -0.2) is 0 Å². The van der Waals surface area contributed by atoms with Crippen molar-refractivity contribution in [1.29, 1.82) is 0 Å². The Balaban J connectivity index is 2.85. The lowest BCUT2D eigenvalue weighted by molar-refractivity contribution is 0.493. The van der Waals surface area contributed by atoms with E-state index in [1.807, 2.05) is 11.5 Å². The van der Waals surface area contributed by atoms with Crippen LogP contribution in [0.2, 0.25) is 0 Å². The maximum atomic E-state index is 10.2. The molecular weight excluding hydrogens is 176 g/mol. The van der Waals surface area contributed by atoms with E-state index >= 15 is 0 Å². The van der Waals surface area contributed by atoms with Crippen LogP contribution in [0, 0.1) is 5.41 Å². The molecule has 0 aromatic heterocycles. The molecule has 1 N–H and O–H groups in total. The SMILES string of the molecule is O=S(=O)(O)/[C]=C/c1ccccc1. The van der Waals surface area contributed by atoms with Crippen LogP contribution in [0.1, 0.15) is 5.56 Å². The van der Waals surface area contributed by atoms with E-state index in [0.717, 1.165) is 0 Å². The molecule has 0 aliphatic carbocycles. The van der Waals surface area contributed by atoms with Crippen LogP contribution in [0.4, 0.5) is 0 Å². The monoisotopic (exact) mass is 183 g/mol. The van der Waals surface area contributed by atoms with Gasteiger partial charge in [0, 0.05) is 0 Å². The van der Waals surface area contributed by atoms with Gasteiger partial charge >= 0.3 is 0 Å². The minimum absolute atomic E-state index is 0.676. The fraction of sp³-hybridized carbons (Fsp3) is 0. The number of rotatable bonds is 2. The van der Waals surface area contributed by atoms with Gasteiger partial charge in [-0.3, -0.25) is 4.55 Å². The van der Waals surface area contributed by atoms with Gasteiger partial charge in [0.1, 0.15) is 5.41 Å².